The van der Waals surface area contributed by atoms with Gasteiger partial charge in [-0.3, -0.25) is 4.98 Å². The summed E-state index contributed by atoms with van der Waals surface area (Å²) in [5.74, 6) is -0.217. The third-order valence-corrected chi connectivity index (χ3v) is 2.54. The monoisotopic (exact) mass is 259 g/mol. The third-order valence-electron chi connectivity index (χ3n) is 2.54. The maximum absolute atomic E-state index is 11.1. The van der Waals surface area contributed by atoms with E-state index in [1.807, 2.05) is 6.07 Å². The smallest absolute Gasteiger partial charge is 0.339 e. The van der Waals surface area contributed by atoms with Crippen molar-refractivity contribution in [1.82, 2.24) is 4.98 Å². The van der Waals surface area contributed by atoms with Gasteiger partial charge in [0.2, 0.25) is 0 Å². The summed E-state index contributed by atoms with van der Waals surface area (Å²) >= 11 is 0. The fourth-order valence-electron chi connectivity index (χ4n) is 1.57. The van der Waals surface area contributed by atoms with E-state index in [0.717, 1.165) is 5.56 Å². The lowest BCUT2D eigenvalue weighted by Crippen LogP contribution is -2.04. The van der Waals surface area contributed by atoms with Gasteiger partial charge in [0.25, 0.3) is 0 Å². The largest absolute Gasteiger partial charge is 0.497 e. The number of methoxy groups -OCH3 is 1. The van der Waals surface area contributed by atoms with Gasteiger partial charge in [-0.15, -0.1) is 0 Å². The first-order valence-electron chi connectivity index (χ1n) is 5.63. The van der Waals surface area contributed by atoms with E-state index in [4.69, 9.17) is 14.6 Å². The first kappa shape index (κ1) is 12.9. The zero-order chi connectivity index (χ0) is 13.7. The first-order valence-corrected chi connectivity index (χ1v) is 5.63. The molecule has 1 aromatic carbocycles. The number of benzene rings is 1. The Morgan fingerprint density at radius 1 is 1.37 bits per heavy atom. The Labute approximate surface area is 110 Å². The second kappa shape index (κ2) is 5.86. The lowest BCUT2D eigenvalue weighted by molar-refractivity contribution is 0.0691. The molecule has 1 heterocycles. The minimum Gasteiger partial charge on any atom is -0.497 e. The molecule has 0 fully saturated rings. The second-order valence-electron chi connectivity index (χ2n) is 3.82. The van der Waals surface area contributed by atoms with Gasteiger partial charge in [0, 0.05) is 24.0 Å². The van der Waals surface area contributed by atoms with Crippen LogP contribution in [0.4, 0.5) is 0 Å². The van der Waals surface area contributed by atoms with Crippen LogP contribution in [0.3, 0.4) is 0 Å². The predicted molar refractivity (Wildman–Crippen MR) is 68.5 cm³/mol. The number of hydrogen-bond acceptors (Lipinski definition) is 4. The summed E-state index contributed by atoms with van der Waals surface area (Å²) in [5, 5.41) is 9.09. The average molecular weight is 259 g/mol. The Balaban J connectivity index is 2.20. The molecule has 1 aromatic heterocycles. The molecule has 2 rings (SSSR count). The molecule has 2 aromatic rings. The van der Waals surface area contributed by atoms with Crippen molar-refractivity contribution in [1.29, 1.82) is 0 Å². The molecular formula is C14H13NO4. The van der Waals surface area contributed by atoms with E-state index in [9.17, 15) is 4.79 Å². The van der Waals surface area contributed by atoms with Crippen LogP contribution in [0.2, 0.25) is 0 Å². The molecule has 0 aliphatic rings. The highest BCUT2D eigenvalue weighted by Gasteiger charge is 2.12. The fourth-order valence-corrected chi connectivity index (χ4v) is 1.57. The zero-order valence-electron chi connectivity index (χ0n) is 10.4. The van der Waals surface area contributed by atoms with Crippen LogP contribution in [0, 0.1) is 0 Å². The predicted octanol–water partition coefficient (Wildman–Crippen LogP) is 2.37. The molecule has 0 saturated carbocycles. The molecule has 0 aliphatic heterocycles. The van der Waals surface area contributed by atoms with Crippen molar-refractivity contribution in [3.63, 3.8) is 0 Å². The maximum Gasteiger partial charge on any atom is 0.339 e. The van der Waals surface area contributed by atoms with Gasteiger partial charge in [0.05, 0.1) is 7.11 Å². The SMILES string of the molecule is COc1ccc(C(=O)O)c(OCc2cccnc2)c1. The summed E-state index contributed by atoms with van der Waals surface area (Å²) in [5.41, 5.74) is 0.964. The number of pyridine rings is 1. The van der Waals surface area contributed by atoms with Gasteiger partial charge in [-0.1, -0.05) is 6.07 Å². The van der Waals surface area contributed by atoms with E-state index in [0.29, 0.717) is 5.75 Å². The van der Waals surface area contributed by atoms with E-state index >= 15 is 0 Å². The highest BCUT2D eigenvalue weighted by Crippen LogP contribution is 2.25. The Kier molecular flexibility index (Phi) is 3.97. The summed E-state index contributed by atoms with van der Waals surface area (Å²) in [6.07, 6.45) is 3.33. The van der Waals surface area contributed by atoms with Crippen molar-refractivity contribution in [3.05, 3.63) is 53.9 Å². The Morgan fingerprint density at radius 3 is 2.84 bits per heavy atom. The van der Waals surface area contributed by atoms with Crippen LogP contribution >= 0.6 is 0 Å². The van der Waals surface area contributed by atoms with Gasteiger partial charge in [-0.2, -0.15) is 0 Å². The standard InChI is InChI=1S/C14H13NO4/c1-18-11-4-5-12(14(16)17)13(7-11)19-9-10-3-2-6-15-8-10/h2-8H,9H2,1H3,(H,16,17). The first-order chi connectivity index (χ1) is 9.20. The van der Waals surface area contributed by atoms with Crippen molar-refractivity contribution in [2.45, 2.75) is 6.61 Å². The molecule has 0 amide bonds. The van der Waals surface area contributed by atoms with Crippen LogP contribution in [0.5, 0.6) is 11.5 Å². The minimum atomic E-state index is -1.04. The molecule has 5 heteroatoms. The van der Waals surface area contributed by atoms with E-state index in [-0.39, 0.29) is 17.9 Å². The van der Waals surface area contributed by atoms with Crippen LogP contribution in [-0.4, -0.2) is 23.2 Å². The molecule has 0 bridgehead atoms. The Morgan fingerprint density at radius 2 is 2.21 bits per heavy atom. The molecule has 1 N–H and O–H groups in total. The van der Waals surface area contributed by atoms with E-state index < -0.39 is 5.97 Å². The number of carboxylic acids is 1. The highest BCUT2D eigenvalue weighted by atomic mass is 16.5. The molecule has 19 heavy (non-hydrogen) atoms. The lowest BCUT2D eigenvalue weighted by atomic mass is 10.2. The number of hydrogen-bond donors (Lipinski definition) is 1. The summed E-state index contributed by atoms with van der Waals surface area (Å²) < 4.78 is 10.6. The molecular weight excluding hydrogens is 246 g/mol. The molecule has 0 atom stereocenters. The Bertz CT molecular complexity index is 569. The molecule has 0 aliphatic carbocycles. The highest BCUT2D eigenvalue weighted by molar-refractivity contribution is 5.91. The zero-order valence-corrected chi connectivity index (χ0v) is 10.4. The van der Waals surface area contributed by atoms with Crippen molar-refractivity contribution in [2.24, 2.45) is 0 Å². The van der Waals surface area contributed by atoms with Gasteiger partial charge in [0.15, 0.2) is 0 Å². The number of ether oxygens (including phenoxy) is 2. The number of nitrogens with zero attached hydrogens (tertiary/aromatic N) is 1. The molecule has 5 nitrogen and oxygen atoms in total. The fraction of sp³-hybridized carbons (Fsp3) is 0.143. The molecule has 98 valence electrons. The average Bonchev–Trinajstić information content (AvgIpc) is 2.45. The molecule has 0 spiro atoms. The number of aromatic nitrogens is 1. The molecule has 0 unspecified atom stereocenters. The third kappa shape index (κ3) is 3.22. The van der Waals surface area contributed by atoms with Crippen molar-refractivity contribution >= 4 is 5.97 Å². The van der Waals surface area contributed by atoms with Gasteiger partial charge in [-0.25, -0.2) is 4.79 Å². The number of carboxylic acid groups (broad SMARTS) is 1. The Hall–Kier alpha value is -2.56. The topological polar surface area (TPSA) is 68.7 Å². The van der Waals surface area contributed by atoms with Crippen molar-refractivity contribution < 1.29 is 19.4 Å². The summed E-state index contributed by atoms with van der Waals surface area (Å²) in [7, 11) is 1.51. The van der Waals surface area contributed by atoms with Crippen LogP contribution in [-0.2, 0) is 6.61 Å². The number of aromatic carboxylic acids is 1. The van der Waals surface area contributed by atoms with Gasteiger partial charge < -0.3 is 14.6 Å². The number of rotatable bonds is 5. The van der Waals surface area contributed by atoms with Gasteiger partial charge in [0.1, 0.15) is 23.7 Å². The minimum absolute atomic E-state index is 0.102. The van der Waals surface area contributed by atoms with E-state index in [2.05, 4.69) is 4.98 Å². The van der Waals surface area contributed by atoms with E-state index in [1.165, 1.54) is 13.2 Å². The lowest BCUT2D eigenvalue weighted by Gasteiger charge is -2.10. The summed E-state index contributed by atoms with van der Waals surface area (Å²) in [6.45, 7) is 0.251. The van der Waals surface area contributed by atoms with Crippen molar-refractivity contribution in [2.75, 3.05) is 7.11 Å². The van der Waals surface area contributed by atoms with Crippen molar-refractivity contribution in [3.8, 4) is 11.5 Å². The normalized spacial score (nSPS) is 9.95. The summed E-state index contributed by atoms with van der Waals surface area (Å²) in [4.78, 5) is 15.1. The molecule has 0 radical (unpaired) electrons. The van der Waals surface area contributed by atoms with Crippen LogP contribution in [0.15, 0.2) is 42.7 Å². The molecule has 0 saturated heterocycles. The quantitative estimate of drug-likeness (QED) is 0.892. The number of carbonyl (C=O) groups is 1. The van der Waals surface area contributed by atoms with Crippen LogP contribution in [0.25, 0.3) is 0 Å². The van der Waals surface area contributed by atoms with Crippen LogP contribution in [0.1, 0.15) is 15.9 Å². The van der Waals surface area contributed by atoms with Gasteiger partial charge >= 0.3 is 5.97 Å². The summed E-state index contributed by atoms with van der Waals surface area (Å²) in [6, 6.07) is 8.25. The van der Waals surface area contributed by atoms with Crippen LogP contribution < -0.4 is 9.47 Å². The van der Waals surface area contributed by atoms with E-state index in [1.54, 1.807) is 30.6 Å². The second-order valence-corrected chi connectivity index (χ2v) is 3.82. The maximum atomic E-state index is 11.1. The van der Waals surface area contributed by atoms with Gasteiger partial charge in [-0.05, 0) is 18.2 Å².